The molecule has 2 aliphatic rings. The molecule has 0 saturated carbocycles. The molecule has 2 saturated heterocycles. The minimum absolute atomic E-state index is 0.0104. The summed E-state index contributed by atoms with van der Waals surface area (Å²) in [6, 6.07) is 14.1. The Morgan fingerprint density at radius 1 is 1.03 bits per heavy atom. The molecule has 2 aromatic rings. The quantitative estimate of drug-likeness (QED) is 0.351. The van der Waals surface area contributed by atoms with Gasteiger partial charge in [0.2, 0.25) is 10.0 Å². The van der Waals surface area contributed by atoms with Gasteiger partial charge in [-0.15, -0.1) is 0 Å². The lowest BCUT2D eigenvalue weighted by Gasteiger charge is -2.26. The molecule has 0 unspecified atom stereocenters. The SMILES string of the molecule is CN(C)CCN1C(=O)C(=O)C(=C(O)c2ccc(S(=O)(=O)N3CCOCC3)cc2)[C@H]1c1ccccc1. The molecule has 4 rings (SSSR count). The number of aliphatic hydroxyl groups is 1. The number of aliphatic hydroxyl groups excluding tert-OH is 1. The summed E-state index contributed by atoms with van der Waals surface area (Å²) in [7, 11) is 0.0519. The maximum absolute atomic E-state index is 13.1. The molecule has 2 fully saturated rings. The van der Waals surface area contributed by atoms with E-state index in [-0.39, 0.29) is 34.9 Å². The van der Waals surface area contributed by atoms with Crippen LogP contribution in [0.4, 0.5) is 0 Å². The summed E-state index contributed by atoms with van der Waals surface area (Å²) in [5, 5.41) is 11.2. The van der Waals surface area contributed by atoms with Gasteiger partial charge in [-0.05, 0) is 43.9 Å². The van der Waals surface area contributed by atoms with Crippen molar-refractivity contribution in [3.05, 3.63) is 71.3 Å². The van der Waals surface area contributed by atoms with Crippen molar-refractivity contribution in [1.29, 1.82) is 0 Å². The Morgan fingerprint density at radius 2 is 1.66 bits per heavy atom. The van der Waals surface area contributed by atoms with Gasteiger partial charge >= 0.3 is 0 Å². The van der Waals surface area contributed by atoms with Gasteiger partial charge in [0.1, 0.15) is 5.76 Å². The molecule has 0 aromatic heterocycles. The number of ether oxygens (including phenoxy) is 1. The fraction of sp³-hybridized carbons (Fsp3) is 0.360. The van der Waals surface area contributed by atoms with Crippen LogP contribution < -0.4 is 0 Å². The van der Waals surface area contributed by atoms with Crippen LogP contribution in [0.1, 0.15) is 17.2 Å². The average Bonchev–Trinajstić information content (AvgIpc) is 3.13. The van der Waals surface area contributed by atoms with Crippen LogP contribution in [0.5, 0.6) is 0 Å². The maximum atomic E-state index is 13.1. The van der Waals surface area contributed by atoms with Crippen LogP contribution in [0, 0.1) is 0 Å². The van der Waals surface area contributed by atoms with Gasteiger partial charge in [-0.3, -0.25) is 9.59 Å². The molecular weight excluding hydrogens is 470 g/mol. The number of morpholine rings is 1. The minimum Gasteiger partial charge on any atom is -0.507 e. The number of Topliss-reactive ketones (excluding diaryl/α,β-unsaturated/α-hetero) is 1. The second-order valence-electron chi connectivity index (χ2n) is 8.75. The third-order valence-electron chi connectivity index (χ3n) is 6.18. The highest BCUT2D eigenvalue weighted by Gasteiger charge is 2.45. The summed E-state index contributed by atoms with van der Waals surface area (Å²) in [5.41, 5.74) is 0.958. The van der Waals surface area contributed by atoms with Gasteiger partial charge in [0.15, 0.2) is 0 Å². The predicted molar refractivity (Wildman–Crippen MR) is 130 cm³/mol. The highest BCUT2D eigenvalue weighted by Crippen LogP contribution is 2.39. The number of rotatable bonds is 7. The lowest BCUT2D eigenvalue weighted by molar-refractivity contribution is -0.140. The van der Waals surface area contributed by atoms with Crippen molar-refractivity contribution in [1.82, 2.24) is 14.1 Å². The topological polar surface area (TPSA) is 107 Å². The van der Waals surface area contributed by atoms with Crippen molar-refractivity contribution >= 4 is 27.5 Å². The molecule has 9 nitrogen and oxygen atoms in total. The number of ketones is 1. The molecule has 35 heavy (non-hydrogen) atoms. The third kappa shape index (κ3) is 5.01. The van der Waals surface area contributed by atoms with Gasteiger partial charge in [0, 0.05) is 31.7 Å². The predicted octanol–water partition coefficient (Wildman–Crippen LogP) is 1.69. The number of benzene rings is 2. The number of nitrogens with zero attached hydrogens (tertiary/aromatic N) is 3. The second-order valence-corrected chi connectivity index (χ2v) is 10.7. The van der Waals surface area contributed by atoms with E-state index in [1.165, 1.54) is 33.5 Å². The Morgan fingerprint density at radius 3 is 2.26 bits per heavy atom. The summed E-state index contributed by atoms with van der Waals surface area (Å²) >= 11 is 0. The molecule has 2 heterocycles. The first-order valence-electron chi connectivity index (χ1n) is 11.4. The van der Waals surface area contributed by atoms with E-state index in [9.17, 15) is 23.1 Å². The summed E-state index contributed by atoms with van der Waals surface area (Å²) in [4.78, 5) is 29.5. The third-order valence-corrected chi connectivity index (χ3v) is 8.09. The number of hydrogen-bond acceptors (Lipinski definition) is 7. The van der Waals surface area contributed by atoms with E-state index in [1.54, 1.807) is 0 Å². The minimum atomic E-state index is -3.70. The van der Waals surface area contributed by atoms with E-state index in [1.807, 2.05) is 49.3 Å². The molecule has 0 aliphatic carbocycles. The van der Waals surface area contributed by atoms with Crippen molar-refractivity contribution in [2.75, 3.05) is 53.5 Å². The zero-order valence-corrected chi connectivity index (χ0v) is 20.6. The molecule has 2 aromatic carbocycles. The van der Waals surface area contributed by atoms with Crippen LogP contribution in [0.3, 0.4) is 0 Å². The first kappa shape index (κ1) is 25.1. The average molecular weight is 500 g/mol. The van der Waals surface area contributed by atoms with Crippen molar-refractivity contribution < 1.29 is 27.9 Å². The normalized spacial score (nSPS) is 21.1. The van der Waals surface area contributed by atoms with Gasteiger partial charge < -0.3 is 19.6 Å². The molecule has 10 heteroatoms. The van der Waals surface area contributed by atoms with Crippen LogP contribution in [0.2, 0.25) is 0 Å². The number of likely N-dealkylation sites (tertiary alicyclic amines) is 1. The van der Waals surface area contributed by atoms with E-state index < -0.39 is 27.8 Å². The van der Waals surface area contributed by atoms with E-state index >= 15 is 0 Å². The van der Waals surface area contributed by atoms with E-state index in [0.29, 0.717) is 31.9 Å². The summed E-state index contributed by atoms with van der Waals surface area (Å²) in [6.07, 6.45) is 0. The molecule has 1 atom stereocenters. The Balaban J connectivity index is 1.71. The lowest BCUT2D eigenvalue weighted by atomic mass is 9.95. The van der Waals surface area contributed by atoms with Gasteiger partial charge in [-0.2, -0.15) is 4.31 Å². The first-order chi connectivity index (χ1) is 16.7. The number of carbonyl (C=O) groups excluding carboxylic acids is 2. The fourth-order valence-corrected chi connectivity index (χ4v) is 5.68. The van der Waals surface area contributed by atoms with Crippen LogP contribution in [0.25, 0.3) is 5.76 Å². The van der Waals surface area contributed by atoms with E-state index in [0.717, 1.165) is 0 Å². The molecule has 0 radical (unpaired) electrons. The monoisotopic (exact) mass is 499 g/mol. The van der Waals surface area contributed by atoms with Crippen molar-refractivity contribution in [2.24, 2.45) is 0 Å². The zero-order chi connectivity index (χ0) is 25.2. The zero-order valence-electron chi connectivity index (χ0n) is 19.8. The Kier molecular flexibility index (Phi) is 7.36. The number of hydrogen-bond donors (Lipinski definition) is 1. The molecule has 2 aliphatic heterocycles. The first-order valence-corrected chi connectivity index (χ1v) is 12.8. The highest BCUT2D eigenvalue weighted by atomic mass is 32.2. The fourth-order valence-electron chi connectivity index (χ4n) is 4.28. The summed E-state index contributed by atoms with van der Waals surface area (Å²) < 4.78 is 32.4. The molecule has 0 bridgehead atoms. The van der Waals surface area contributed by atoms with Crippen LogP contribution in [-0.4, -0.2) is 92.8 Å². The second kappa shape index (κ2) is 10.3. The smallest absolute Gasteiger partial charge is 0.295 e. The summed E-state index contributed by atoms with van der Waals surface area (Å²) in [5.74, 6) is -1.77. The van der Waals surface area contributed by atoms with Gasteiger partial charge in [-0.25, -0.2) is 8.42 Å². The van der Waals surface area contributed by atoms with Crippen molar-refractivity contribution in [3.63, 3.8) is 0 Å². The lowest BCUT2D eigenvalue weighted by Crippen LogP contribution is -2.40. The Bertz CT molecular complexity index is 1220. The van der Waals surface area contributed by atoms with Crippen molar-refractivity contribution in [3.8, 4) is 0 Å². The van der Waals surface area contributed by atoms with Gasteiger partial charge in [0.05, 0.1) is 29.7 Å². The van der Waals surface area contributed by atoms with Crippen LogP contribution >= 0.6 is 0 Å². The van der Waals surface area contributed by atoms with Crippen LogP contribution in [-0.2, 0) is 24.3 Å². The molecule has 0 spiro atoms. The largest absolute Gasteiger partial charge is 0.507 e. The van der Waals surface area contributed by atoms with Crippen molar-refractivity contribution in [2.45, 2.75) is 10.9 Å². The molecule has 1 N–H and O–H groups in total. The maximum Gasteiger partial charge on any atom is 0.295 e. The van der Waals surface area contributed by atoms with E-state index in [4.69, 9.17) is 4.74 Å². The van der Waals surface area contributed by atoms with Gasteiger partial charge in [0.25, 0.3) is 11.7 Å². The highest BCUT2D eigenvalue weighted by molar-refractivity contribution is 7.89. The Labute approximate surface area is 205 Å². The van der Waals surface area contributed by atoms with E-state index in [2.05, 4.69) is 0 Å². The molecule has 1 amide bonds. The standard InChI is InChI=1S/C25H29N3O6S/c1-26(2)12-13-28-22(18-6-4-3-5-7-18)21(24(30)25(28)31)23(29)19-8-10-20(11-9-19)35(32,33)27-14-16-34-17-15-27/h3-11,22,29H,12-17H2,1-2H3/t22-/m1/s1. The summed E-state index contributed by atoms with van der Waals surface area (Å²) in [6.45, 7) is 2.08. The molecule has 186 valence electrons. The molecular formula is C25H29N3O6S. The van der Waals surface area contributed by atoms with Gasteiger partial charge in [-0.1, -0.05) is 30.3 Å². The van der Waals surface area contributed by atoms with Crippen LogP contribution in [0.15, 0.2) is 65.1 Å². The number of sulfonamides is 1. The number of likely N-dealkylation sites (N-methyl/N-ethyl adjacent to an activating group) is 1. The Hall–Kier alpha value is -3.05. The number of amides is 1. The number of carbonyl (C=O) groups is 2.